The van der Waals surface area contributed by atoms with Crippen molar-refractivity contribution in [2.45, 2.75) is 40.5 Å². The fourth-order valence-electron chi connectivity index (χ4n) is 6.24. The lowest BCUT2D eigenvalue weighted by Gasteiger charge is -2.09. The summed E-state index contributed by atoms with van der Waals surface area (Å²) in [6.45, 7) is 8.62. The Balaban J connectivity index is 0.000000149. The summed E-state index contributed by atoms with van der Waals surface area (Å²) in [6, 6.07) is 11.6. The van der Waals surface area contributed by atoms with Gasteiger partial charge in [-0.2, -0.15) is 0 Å². The first-order valence-electron chi connectivity index (χ1n) is 16.9. The summed E-state index contributed by atoms with van der Waals surface area (Å²) in [5, 5.41) is 9.70. The van der Waals surface area contributed by atoms with Crippen LogP contribution in [0.3, 0.4) is 0 Å². The largest absolute Gasteiger partial charge is 0.569 e. The number of hydrogen-bond acceptors (Lipinski definition) is 10. The van der Waals surface area contributed by atoms with Crippen molar-refractivity contribution in [3.8, 4) is 28.4 Å². The molecule has 0 spiro atoms. The van der Waals surface area contributed by atoms with Gasteiger partial charge in [0.05, 0.1) is 48.5 Å². The van der Waals surface area contributed by atoms with E-state index in [4.69, 9.17) is 28.6 Å². The third kappa shape index (κ3) is 7.51. The molecule has 2 aliphatic heterocycles. The Kier molecular flexibility index (Phi) is 11.2. The average Bonchev–Trinajstić information content (AvgIpc) is 3.96. The van der Waals surface area contributed by atoms with Crippen LogP contribution in [-0.2, 0) is 22.3 Å². The molecule has 3 N–H and O–H groups in total. The zero-order chi connectivity index (χ0) is 37.6. The molecule has 1 radical (unpaired) electrons. The third-order valence-electron chi connectivity index (χ3n) is 8.60. The molecule has 0 bridgehead atoms. The summed E-state index contributed by atoms with van der Waals surface area (Å²) in [6.07, 6.45) is 4.44. The number of carbonyl (C=O) groups excluding carboxylic acids is 2. The summed E-state index contributed by atoms with van der Waals surface area (Å²) in [5.74, 6) is 0.0604. The molecule has 15 heteroatoms. The normalized spacial score (nSPS) is 12.4. The number of hydrogen-bond donors (Lipinski definition) is 3. The number of pyridine rings is 2. The quantitative estimate of drug-likeness (QED) is 0.123. The van der Waals surface area contributed by atoms with Crippen LogP contribution in [0.5, 0.6) is 17.2 Å². The van der Waals surface area contributed by atoms with Gasteiger partial charge < -0.3 is 38.6 Å². The van der Waals surface area contributed by atoms with Crippen molar-refractivity contribution in [3.63, 3.8) is 0 Å². The topological polar surface area (TPSA) is 158 Å². The van der Waals surface area contributed by atoms with E-state index in [-0.39, 0.29) is 23.9 Å². The number of rotatable bonds is 7. The lowest BCUT2D eigenvalue weighted by molar-refractivity contribution is 0.0511. The molecule has 0 aliphatic carbocycles. The Morgan fingerprint density at radius 2 is 1.47 bits per heavy atom. The molecule has 0 amide bonds. The van der Waals surface area contributed by atoms with Crippen LogP contribution in [-0.4, -0.2) is 71.0 Å². The Morgan fingerprint density at radius 3 is 2.13 bits per heavy atom. The molecule has 2 aromatic carbocycles. The molecule has 0 fully saturated rings. The molecular formula is C38H36BF2N4O8. The maximum absolute atomic E-state index is 14.4. The molecule has 53 heavy (non-hydrogen) atoms. The second kappa shape index (κ2) is 16.2. The Morgan fingerprint density at radius 1 is 0.849 bits per heavy atom. The van der Waals surface area contributed by atoms with Crippen LogP contribution in [0.4, 0.5) is 8.78 Å². The molecule has 2 aliphatic rings. The van der Waals surface area contributed by atoms with Gasteiger partial charge in [-0.05, 0) is 64.1 Å². The van der Waals surface area contributed by atoms with Crippen LogP contribution >= 0.6 is 0 Å². The van der Waals surface area contributed by atoms with Gasteiger partial charge in [-0.1, -0.05) is 6.07 Å². The molecule has 0 unspecified atom stereocenters. The van der Waals surface area contributed by atoms with Gasteiger partial charge in [0.2, 0.25) is 0 Å². The van der Waals surface area contributed by atoms with Crippen LogP contribution in [0.2, 0.25) is 0 Å². The highest BCUT2D eigenvalue weighted by atomic mass is 19.1. The SMILES string of the molecule is CCOC(=O)c1[nH]c2cc(F)c3c(c2c1-c1cccnc1C)OCC3.CCOC(=O)c1cc2c3c(c(F)cc2[nH]1)CCO3.Cc1ncccc1O[B]O. The van der Waals surface area contributed by atoms with Gasteiger partial charge in [0.25, 0.3) is 0 Å². The van der Waals surface area contributed by atoms with Crippen LogP contribution < -0.4 is 14.1 Å². The first-order chi connectivity index (χ1) is 25.7. The van der Waals surface area contributed by atoms with Gasteiger partial charge in [-0.3, -0.25) is 9.97 Å². The minimum absolute atomic E-state index is 0.253. The first kappa shape index (κ1) is 36.8. The van der Waals surface area contributed by atoms with Gasteiger partial charge in [-0.25, -0.2) is 18.4 Å². The van der Waals surface area contributed by atoms with Crippen LogP contribution in [0.1, 0.15) is 57.3 Å². The Labute approximate surface area is 303 Å². The van der Waals surface area contributed by atoms with Crippen molar-refractivity contribution in [2.75, 3.05) is 26.4 Å². The number of ether oxygens (including phenoxy) is 4. The minimum atomic E-state index is -0.482. The summed E-state index contributed by atoms with van der Waals surface area (Å²) in [4.78, 5) is 38.2. The smallest absolute Gasteiger partial charge is 0.536 e. The van der Waals surface area contributed by atoms with Gasteiger partial charge in [0, 0.05) is 58.6 Å². The number of nitrogens with one attached hydrogen (secondary N) is 2. The molecule has 273 valence electrons. The number of esters is 2. The number of nitrogens with zero attached hydrogens (tertiary/aromatic N) is 2. The molecule has 4 aromatic heterocycles. The van der Waals surface area contributed by atoms with Crippen molar-refractivity contribution in [2.24, 2.45) is 0 Å². The van der Waals surface area contributed by atoms with Crippen molar-refractivity contribution in [1.82, 2.24) is 19.9 Å². The number of halogens is 2. The number of benzene rings is 2. The van der Waals surface area contributed by atoms with E-state index < -0.39 is 11.9 Å². The van der Waals surface area contributed by atoms with Gasteiger partial charge in [0.1, 0.15) is 40.3 Å². The minimum Gasteiger partial charge on any atom is -0.536 e. The summed E-state index contributed by atoms with van der Waals surface area (Å²) in [7, 11) is 0.643. The maximum atomic E-state index is 14.4. The standard InChI is InChI=1S/C19H17FN2O3.C13H12FNO3.C6H7BNO2/c1-3-24-19(23)17-15(11-5-4-7-21-10(11)2)16-14(22-17)9-13(20)12-6-8-25-18(12)16;1-2-17-13(16)11-5-8-10(15-11)6-9(14)7-3-4-18-12(7)8;1-5-6(10-7-9)3-2-4-8-5/h4-5,7,9,22H,3,6,8H2,1-2H3;5-6,15H,2-4H2,1H3;2-4,9H,1H3. The number of carbonyl (C=O) groups is 2. The maximum Gasteiger partial charge on any atom is 0.569 e. The highest BCUT2D eigenvalue weighted by Crippen LogP contribution is 2.44. The lowest BCUT2D eigenvalue weighted by Crippen LogP contribution is -2.07. The average molecular weight is 726 g/mol. The monoisotopic (exact) mass is 725 g/mol. The zero-order valence-corrected chi connectivity index (χ0v) is 29.5. The van der Waals surface area contributed by atoms with Gasteiger partial charge >= 0.3 is 19.6 Å². The molecule has 8 rings (SSSR count). The first-order valence-corrected chi connectivity index (χ1v) is 16.9. The van der Waals surface area contributed by atoms with E-state index in [1.54, 1.807) is 57.4 Å². The van der Waals surface area contributed by atoms with Gasteiger partial charge in [-0.15, -0.1) is 0 Å². The number of fused-ring (bicyclic) bond motifs is 6. The van der Waals surface area contributed by atoms with Crippen molar-refractivity contribution in [1.29, 1.82) is 0 Å². The van der Waals surface area contributed by atoms with Crippen molar-refractivity contribution >= 4 is 41.4 Å². The number of aryl methyl sites for hydroxylation is 2. The van der Waals surface area contributed by atoms with E-state index in [9.17, 15) is 18.4 Å². The number of H-pyrrole nitrogens is 2. The van der Waals surface area contributed by atoms with E-state index in [0.29, 0.717) is 96.4 Å². The molecule has 0 saturated carbocycles. The Bertz CT molecular complexity index is 2310. The highest BCUT2D eigenvalue weighted by molar-refractivity contribution is 6.17. The molecule has 12 nitrogen and oxygen atoms in total. The zero-order valence-electron chi connectivity index (χ0n) is 29.5. The fraction of sp³-hybridized carbons (Fsp3) is 0.263. The van der Waals surface area contributed by atoms with Crippen LogP contribution in [0.25, 0.3) is 32.9 Å². The van der Waals surface area contributed by atoms with Crippen molar-refractivity contribution < 1.29 is 47.0 Å². The second-order valence-electron chi connectivity index (χ2n) is 11.9. The predicted octanol–water partition coefficient (Wildman–Crippen LogP) is 6.50. The lowest BCUT2D eigenvalue weighted by atomic mass is 9.98. The van der Waals surface area contributed by atoms with E-state index in [0.717, 1.165) is 22.3 Å². The Hall–Kier alpha value is -5.96. The molecule has 0 saturated heterocycles. The van der Waals surface area contributed by atoms with E-state index in [1.165, 1.54) is 12.1 Å². The molecular weight excluding hydrogens is 689 g/mol. The summed E-state index contributed by atoms with van der Waals surface area (Å²) < 4.78 is 54.1. The summed E-state index contributed by atoms with van der Waals surface area (Å²) in [5.41, 5.74) is 5.76. The molecule has 6 heterocycles. The van der Waals surface area contributed by atoms with E-state index in [2.05, 4.69) is 19.9 Å². The second-order valence-corrected chi connectivity index (χ2v) is 11.9. The van der Waals surface area contributed by atoms with E-state index >= 15 is 0 Å². The fourth-order valence-corrected chi connectivity index (χ4v) is 6.24. The number of aromatic amines is 2. The third-order valence-corrected chi connectivity index (χ3v) is 8.60. The predicted molar refractivity (Wildman–Crippen MR) is 192 cm³/mol. The molecule has 0 atom stereocenters. The van der Waals surface area contributed by atoms with Gasteiger partial charge in [0.15, 0.2) is 0 Å². The number of aromatic nitrogens is 4. The molecule has 6 aromatic rings. The van der Waals surface area contributed by atoms with E-state index in [1.807, 2.05) is 13.0 Å². The summed E-state index contributed by atoms with van der Waals surface area (Å²) >= 11 is 0. The van der Waals surface area contributed by atoms with Crippen LogP contribution in [0.15, 0.2) is 54.9 Å². The highest BCUT2D eigenvalue weighted by Gasteiger charge is 2.29. The van der Waals surface area contributed by atoms with Crippen LogP contribution in [0, 0.1) is 25.5 Å². The van der Waals surface area contributed by atoms with Crippen molar-refractivity contribution in [3.05, 3.63) is 100 Å².